The summed E-state index contributed by atoms with van der Waals surface area (Å²) >= 11 is 0. The first-order valence-corrected chi connectivity index (χ1v) is 11.6. The van der Waals surface area contributed by atoms with Gasteiger partial charge >= 0.3 is 11.9 Å². The predicted molar refractivity (Wildman–Crippen MR) is 137 cm³/mol. The number of hydrogen-bond donors (Lipinski definition) is 1. The van der Waals surface area contributed by atoms with Gasteiger partial charge in [0.25, 0.3) is 0 Å². The van der Waals surface area contributed by atoms with Crippen LogP contribution in [0.15, 0.2) is 86.3 Å². The van der Waals surface area contributed by atoms with E-state index in [1.165, 1.54) is 13.2 Å². The van der Waals surface area contributed by atoms with E-state index in [-0.39, 0.29) is 5.43 Å². The Morgan fingerprint density at radius 2 is 1.53 bits per heavy atom. The minimum atomic E-state index is -0.714. The number of para-hydroxylation sites is 1. The van der Waals surface area contributed by atoms with E-state index in [1.54, 1.807) is 65.0 Å². The summed E-state index contributed by atoms with van der Waals surface area (Å²) in [6, 6.07) is 15.8. The molecule has 1 N–H and O–H groups in total. The lowest BCUT2D eigenvalue weighted by molar-refractivity contribution is -0.150. The summed E-state index contributed by atoms with van der Waals surface area (Å²) in [5.74, 6) is -1.33. The van der Waals surface area contributed by atoms with Gasteiger partial charge in [0.1, 0.15) is 16.9 Å². The Kier molecular flexibility index (Phi) is 6.59. The van der Waals surface area contributed by atoms with Crippen LogP contribution in [0.25, 0.3) is 22.3 Å². The average Bonchev–Trinajstić information content (AvgIpc) is 2.82. The molecule has 1 aromatic heterocycles. The number of allylic oxidation sites excluding steroid dienone is 2. The molecule has 3 aromatic rings. The summed E-state index contributed by atoms with van der Waals surface area (Å²) in [6.07, 6.45) is 0. The number of methoxy groups -OCH3 is 1. The fourth-order valence-corrected chi connectivity index (χ4v) is 4.40. The van der Waals surface area contributed by atoms with Gasteiger partial charge in [-0.05, 0) is 52.3 Å². The third-order valence-corrected chi connectivity index (χ3v) is 5.95. The second kappa shape index (κ2) is 9.49. The number of carbonyl (C=O) groups excluding carboxylic acids is 2. The molecular weight excluding hydrogens is 458 g/mol. The van der Waals surface area contributed by atoms with Crippen molar-refractivity contribution in [2.45, 2.75) is 46.1 Å². The third kappa shape index (κ3) is 4.82. The first-order valence-electron chi connectivity index (χ1n) is 11.6. The third-order valence-electron chi connectivity index (χ3n) is 5.95. The number of fused-ring (bicyclic) bond motifs is 1. The molecule has 4 rings (SSSR count). The van der Waals surface area contributed by atoms with Gasteiger partial charge in [0, 0.05) is 23.0 Å². The minimum absolute atomic E-state index is 0.133. The van der Waals surface area contributed by atoms with Crippen LogP contribution >= 0.6 is 0 Å². The van der Waals surface area contributed by atoms with Gasteiger partial charge in [0.15, 0.2) is 5.43 Å². The second-order valence-electron chi connectivity index (χ2n) is 9.72. The van der Waals surface area contributed by atoms with E-state index < -0.39 is 23.5 Å². The Morgan fingerprint density at radius 1 is 0.917 bits per heavy atom. The molecule has 0 saturated heterocycles. The SMILES string of the molecule is COC(=O)C1=C(C)NC(C)=C(C(=O)OC(C)(C)C)C1c1ccc(-c2cc(=O)c3ccccc3o2)cc1. The maximum Gasteiger partial charge on any atom is 0.337 e. The molecule has 0 spiro atoms. The normalized spacial score (nSPS) is 16.1. The standard InChI is InChI=1S/C29H29NO6/c1-16-24(27(32)34-6)26(25(17(2)30-16)28(33)36-29(3,4)5)19-13-11-18(12-14-19)23-15-21(31)20-9-7-8-10-22(20)35-23/h7-15,26,30H,1-6H3. The molecule has 0 bridgehead atoms. The van der Waals surface area contributed by atoms with Crippen molar-refractivity contribution in [3.8, 4) is 11.3 Å². The van der Waals surface area contributed by atoms with Crippen LogP contribution in [-0.2, 0) is 19.1 Å². The second-order valence-corrected chi connectivity index (χ2v) is 9.72. The van der Waals surface area contributed by atoms with Gasteiger partial charge in [0.05, 0.1) is 29.6 Å². The maximum absolute atomic E-state index is 13.3. The van der Waals surface area contributed by atoms with Crippen LogP contribution < -0.4 is 10.7 Å². The van der Waals surface area contributed by atoms with Gasteiger partial charge in [-0.1, -0.05) is 36.4 Å². The monoisotopic (exact) mass is 487 g/mol. The first kappa shape index (κ1) is 25.0. The number of benzene rings is 2. The highest BCUT2D eigenvalue weighted by molar-refractivity contribution is 6.00. The van der Waals surface area contributed by atoms with E-state index in [9.17, 15) is 14.4 Å². The van der Waals surface area contributed by atoms with E-state index in [0.29, 0.717) is 50.4 Å². The molecule has 7 nitrogen and oxygen atoms in total. The molecule has 36 heavy (non-hydrogen) atoms. The number of carbonyl (C=O) groups is 2. The molecule has 2 aromatic carbocycles. The van der Waals surface area contributed by atoms with E-state index in [2.05, 4.69) is 5.32 Å². The van der Waals surface area contributed by atoms with Crippen molar-refractivity contribution in [1.29, 1.82) is 0 Å². The van der Waals surface area contributed by atoms with Gasteiger partial charge in [-0.15, -0.1) is 0 Å². The van der Waals surface area contributed by atoms with Gasteiger partial charge < -0.3 is 19.2 Å². The lowest BCUT2D eigenvalue weighted by Crippen LogP contribution is -2.34. The summed E-state index contributed by atoms with van der Waals surface area (Å²) in [6.45, 7) is 8.93. The van der Waals surface area contributed by atoms with Crippen molar-refractivity contribution in [3.05, 3.63) is 92.9 Å². The predicted octanol–water partition coefficient (Wildman–Crippen LogP) is 5.21. The average molecular weight is 488 g/mol. The number of rotatable bonds is 4. The molecule has 1 atom stereocenters. The van der Waals surface area contributed by atoms with Crippen molar-refractivity contribution in [2.75, 3.05) is 7.11 Å². The molecule has 1 aliphatic rings. The van der Waals surface area contributed by atoms with Crippen LogP contribution in [0, 0.1) is 0 Å². The molecule has 0 amide bonds. The molecule has 1 aliphatic heterocycles. The molecular formula is C29H29NO6. The van der Waals surface area contributed by atoms with E-state index >= 15 is 0 Å². The quantitative estimate of drug-likeness (QED) is 0.505. The summed E-state index contributed by atoms with van der Waals surface area (Å²) in [5, 5.41) is 3.64. The van der Waals surface area contributed by atoms with Crippen LogP contribution in [0.5, 0.6) is 0 Å². The molecule has 0 radical (unpaired) electrons. The highest BCUT2D eigenvalue weighted by Crippen LogP contribution is 2.40. The number of esters is 2. The zero-order valence-electron chi connectivity index (χ0n) is 21.2. The molecule has 1 unspecified atom stereocenters. The number of ether oxygens (including phenoxy) is 2. The van der Waals surface area contributed by atoms with Gasteiger partial charge in [-0.2, -0.15) is 0 Å². The smallest absolute Gasteiger partial charge is 0.337 e. The van der Waals surface area contributed by atoms with Crippen LogP contribution in [0.2, 0.25) is 0 Å². The fraction of sp³-hybridized carbons (Fsp3) is 0.276. The van der Waals surface area contributed by atoms with E-state index in [1.807, 2.05) is 18.2 Å². The highest BCUT2D eigenvalue weighted by Gasteiger charge is 2.38. The van der Waals surface area contributed by atoms with Crippen LogP contribution in [0.1, 0.15) is 46.1 Å². The lowest BCUT2D eigenvalue weighted by atomic mass is 9.80. The van der Waals surface area contributed by atoms with Crippen molar-refractivity contribution >= 4 is 22.9 Å². The van der Waals surface area contributed by atoms with E-state index in [4.69, 9.17) is 13.9 Å². The summed E-state index contributed by atoms with van der Waals surface area (Å²) in [5.41, 5.74) is 2.90. The topological polar surface area (TPSA) is 94.8 Å². The highest BCUT2D eigenvalue weighted by atomic mass is 16.6. The molecule has 0 saturated carbocycles. The van der Waals surface area contributed by atoms with Crippen LogP contribution in [0.4, 0.5) is 0 Å². The number of nitrogens with one attached hydrogen (secondary N) is 1. The molecule has 186 valence electrons. The zero-order chi connectivity index (χ0) is 26.2. The van der Waals surface area contributed by atoms with Crippen LogP contribution in [0.3, 0.4) is 0 Å². The number of hydrogen-bond acceptors (Lipinski definition) is 7. The van der Waals surface area contributed by atoms with Gasteiger partial charge in [-0.3, -0.25) is 4.79 Å². The number of dihydropyridines is 1. The lowest BCUT2D eigenvalue weighted by Gasteiger charge is -2.32. The molecule has 7 heteroatoms. The minimum Gasteiger partial charge on any atom is -0.466 e. The first-order chi connectivity index (χ1) is 17.0. The molecule has 0 aliphatic carbocycles. The Balaban J connectivity index is 1.81. The Morgan fingerprint density at radius 3 is 2.14 bits per heavy atom. The summed E-state index contributed by atoms with van der Waals surface area (Å²) in [4.78, 5) is 38.7. The Labute approximate surface area is 209 Å². The Bertz CT molecular complexity index is 1470. The van der Waals surface area contributed by atoms with Crippen molar-refractivity contribution in [3.63, 3.8) is 0 Å². The maximum atomic E-state index is 13.3. The van der Waals surface area contributed by atoms with Gasteiger partial charge in [-0.25, -0.2) is 9.59 Å². The van der Waals surface area contributed by atoms with Crippen molar-refractivity contribution in [2.24, 2.45) is 0 Å². The summed E-state index contributed by atoms with van der Waals surface area (Å²) in [7, 11) is 1.31. The van der Waals surface area contributed by atoms with Gasteiger partial charge in [0.2, 0.25) is 0 Å². The molecule has 2 heterocycles. The zero-order valence-corrected chi connectivity index (χ0v) is 21.2. The molecule has 0 fully saturated rings. The van der Waals surface area contributed by atoms with Crippen LogP contribution in [-0.4, -0.2) is 24.6 Å². The van der Waals surface area contributed by atoms with Crippen molar-refractivity contribution < 1.29 is 23.5 Å². The fourth-order valence-electron chi connectivity index (χ4n) is 4.40. The van der Waals surface area contributed by atoms with E-state index in [0.717, 1.165) is 0 Å². The largest absolute Gasteiger partial charge is 0.466 e. The summed E-state index contributed by atoms with van der Waals surface area (Å²) < 4.78 is 16.7. The Hall–Kier alpha value is -4.13. The van der Waals surface area contributed by atoms with Crippen molar-refractivity contribution in [1.82, 2.24) is 5.32 Å².